The second kappa shape index (κ2) is 12.2. The third kappa shape index (κ3) is 5.27. The molecule has 0 aliphatic carbocycles. The molecule has 0 bridgehead atoms. The summed E-state index contributed by atoms with van der Waals surface area (Å²) in [5.74, 6) is 0.874. The van der Waals surface area contributed by atoms with Gasteiger partial charge in [0, 0.05) is 16.6 Å². The van der Waals surface area contributed by atoms with E-state index in [0.29, 0.717) is 0 Å². The molecule has 0 saturated heterocycles. The highest BCUT2D eigenvalue weighted by Gasteiger charge is 2.26. The Balaban J connectivity index is 1.04. The summed E-state index contributed by atoms with van der Waals surface area (Å²) in [5.41, 5.74) is 9.00. The molecule has 0 saturated carbocycles. The summed E-state index contributed by atoms with van der Waals surface area (Å²) < 4.78 is 6.37. The van der Waals surface area contributed by atoms with Crippen LogP contribution < -0.4 is 10.6 Å². The Labute approximate surface area is 296 Å². The largest absolute Gasteiger partial charge is 0.456 e. The van der Waals surface area contributed by atoms with Crippen LogP contribution in [-0.4, -0.2) is 0 Å². The van der Waals surface area contributed by atoms with Gasteiger partial charge in [-0.1, -0.05) is 152 Å². The summed E-state index contributed by atoms with van der Waals surface area (Å²) in [6.07, 6.45) is 2.23. The van der Waals surface area contributed by atoms with E-state index >= 15 is 0 Å². The van der Waals surface area contributed by atoms with E-state index in [2.05, 4.69) is 181 Å². The van der Waals surface area contributed by atoms with E-state index in [-0.39, 0.29) is 12.2 Å². The Morgan fingerprint density at radius 3 is 2.00 bits per heavy atom. The molecule has 3 nitrogen and oxygen atoms in total. The second-order valence-electron chi connectivity index (χ2n) is 13.4. The minimum Gasteiger partial charge on any atom is -0.456 e. The zero-order valence-corrected chi connectivity index (χ0v) is 27.9. The van der Waals surface area contributed by atoms with Crippen molar-refractivity contribution in [3.05, 3.63) is 199 Å². The van der Waals surface area contributed by atoms with Crippen LogP contribution in [0.1, 0.15) is 28.9 Å². The fourth-order valence-corrected chi connectivity index (χ4v) is 7.79. The molecule has 3 heteroatoms. The lowest BCUT2D eigenvalue weighted by Crippen LogP contribution is -2.39. The number of hydrogen-bond acceptors (Lipinski definition) is 3. The average molecular weight is 655 g/mol. The van der Waals surface area contributed by atoms with Crippen LogP contribution in [0.2, 0.25) is 0 Å². The molecular formula is C48H34N2O. The van der Waals surface area contributed by atoms with Crippen molar-refractivity contribution >= 4 is 49.0 Å². The van der Waals surface area contributed by atoms with Crippen molar-refractivity contribution in [3.63, 3.8) is 0 Å². The Kier molecular flexibility index (Phi) is 7.04. The Morgan fingerprint density at radius 1 is 0.451 bits per heavy atom. The first kappa shape index (κ1) is 29.5. The van der Waals surface area contributed by atoms with Crippen LogP contribution in [0, 0.1) is 0 Å². The lowest BCUT2D eigenvalue weighted by molar-refractivity contribution is 0.442. The highest BCUT2D eigenvalue weighted by Crippen LogP contribution is 2.39. The lowest BCUT2D eigenvalue weighted by atomic mass is 9.92. The minimum atomic E-state index is -0.0814. The van der Waals surface area contributed by atoms with Gasteiger partial charge in [-0.25, -0.2) is 0 Å². The molecule has 2 heterocycles. The molecule has 1 aromatic heterocycles. The molecule has 8 aromatic carbocycles. The predicted molar refractivity (Wildman–Crippen MR) is 212 cm³/mol. The summed E-state index contributed by atoms with van der Waals surface area (Å²) in [5, 5.41) is 16.4. The summed E-state index contributed by atoms with van der Waals surface area (Å²) in [4.78, 5) is 0. The number of nitrogens with one attached hydrogen (secondary N) is 2. The van der Waals surface area contributed by atoms with Crippen molar-refractivity contribution in [1.82, 2.24) is 10.6 Å². The number of furan rings is 1. The van der Waals surface area contributed by atoms with Gasteiger partial charge < -0.3 is 9.73 Å². The van der Waals surface area contributed by atoms with E-state index in [9.17, 15) is 0 Å². The molecular weight excluding hydrogens is 621 g/mol. The first-order chi connectivity index (χ1) is 25.2. The van der Waals surface area contributed by atoms with Crippen LogP contribution in [0.25, 0.3) is 71.4 Å². The van der Waals surface area contributed by atoms with Gasteiger partial charge in [-0.15, -0.1) is 0 Å². The summed E-state index contributed by atoms with van der Waals surface area (Å²) in [6.45, 7) is 0. The van der Waals surface area contributed by atoms with E-state index in [1.807, 2.05) is 12.1 Å². The van der Waals surface area contributed by atoms with Crippen molar-refractivity contribution in [1.29, 1.82) is 0 Å². The molecule has 242 valence electrons. The molecule has 1 aliphatic rings. The van der Waals surface area contributed by atoms with E-state index in [0.717, 1.165) is 33.6 Å². The van der Waals surface area contributed by atoms with Crippen LogP contribution in [0.15, 0.2) is 186 Å². The molecule has 0 fully saturated rings. The number of hydrogen-bond donors (Lipinski definition) is 2. The van der Waals surface area contributed by atoms with Crippen molar-refractivity contribution in [2.45, 2.75) is 12.2 Å². The van der Waals surface area contributed by atoms with Crippen LogP contribution in [0.5, 0.6) is 0 Å². The second-order valence-corrected chi connectivity index (χ2v) is 13.4. The van der Waals surface area contributed by atoms with E-state index < -0.39 is 0 Å². The third-order valence-electron chi connectivity index (χ3n) is 10.3. The third-order valence-corrected chi connectivity index (χ3v) is 10.3. The van der Waals surface area contributed by atoms with Crippen LogP contribution in [-0.2, 0) is 0 Å². The monoisotopic (exact) mass is 654 g/mol. The lowest BCUT2D eigenvalue weighted by Gasteiger charge is -2.33. The molecule has 2 N–H and O–H groups in total. The van der Waals surface area contributed by atoms with Gasteiger partial charge in [0.05, 0.1) is 6.04 Å². The van der Waals surface area contributed by atoms with E-state index in [4.69, 9.17) is 4.42 Å². The van der Waals surface area contributed by atoms with Crippen LogP contribution in [0.4, 0.5) is 0 Å². The predicted octanol–water partition coefficient (Wildman–Crippen LogP) is 12.2. The topological polar surface area (TPSA) is 37.2 Å². The first-order valence-corrected chi connectivity index (χ1v) is 17.6. The molecule has 1 aliphatic heterocycles. The maximum atomic E-state index is 6.37. The molecule has 10 rings (SSSR count). The molecule has 0 amide bonds. The maximum absolute atomic E-state index is 6.37. The number of benzene rings is 8. The van der Waals surface area contributed by atoms with Gasteiger partial charge in [0.2, 0.25) is 0 Å². The van der Waals surface area contributed by atoms with Gasteiger partial charge in [-0.2, -0.15) is 0 Å². The summed E-state index contributed by atoms with van der Waals surface area (Å²) in [6, 6.07) is 62.9. The quantitative estimate of drug-likeness (QED) is 0.143. The SMILES string of the molecule is C1=C(c2ccc(-c3cccc4c3ccc3cc5ccccc5cc34)cc2)NC(c2ccccc2)NC1c1ccccc1-c1cc2ccccc2o1. The standard InChI is InChI=1S/C48H34N2O/c1-2-11-33(12-3-1)48-49-44(30-45(50-48)41-16-7-8-17-42(41)47-29-37-15-6-9-20-46(37)51-47)32-23-21-31(22-24-32)38-18-10-19-39-40(38)26-25-36-27-34-13-4-5-14-35(34)28-43(36)39/h1-30,45,48-50H. The minimum absolute atomic E-state index is 0.0574. The molecule has 0 radical (unpaired) electrons. The summed E-state index contributed by atoms with van der Waals surface area (Å²) >= 11 is 0. The van der Waals surface area contributed by atoms with Gasteiger partial charge in [-0.05, 0) is 90.5 Å². The Morgan fingerprint density at radius 2 is 1.16 bits per heavy atom. The normalized spacial score (nSPS) is 16.0. The fourth-order valence-electron chi connectivity index (χ4n) is 7.79. The Bertz CT molecular complexity index is 2730. The number of rotatable bonds is 5. The van der Waals surface area contributed by atoms with Gasteiger partial charge in [0.1, 0.15) is 17.5 Å². The highest BCUT2D eigenvalue weighted by atomic mass is 16.3. The Hall–Kier alpha value is -6.42. The van der Waals surface area contributed by atoms with Gasteiger partial charge in [0.15, 0.2) is 0 Å². The zero-order valence-electron chi connectivity index (χ0n) is 27.9. The molecule has 0 spiro atoms. The first-order valence-electron chi connectivity index (χ1n) is 17.6. The van der Waals surface area contributed by atoms with Crippen LogP contribution >= 0.6 is 0 Å². The van der Waals surface area contributed by atoms with Gasteiger partial charge in [0.25, 0.3) is 0 Å². The van der Waals surface area contributed by atoms with Crippen molar-refractivity contribution in [2.24, 2.45) is 0 Å². The van der Waals surface area contributed by atoms with Crippen molar-refractivity contribution in [2.75, 3.05) is 0 Å². The maximum Gasteiger partial charge on any atom is 0.135 e. The zero-order chi connectivity index (χ0) is 33.7. The molecule has 2 atom stereocenters. The van der Waals surface area contributed by atoms with E-state index in [1.54, 1.807) is 0 Å². The molecule has 2 unspecified atom stereocenters. The van der Waals surface area contributed by atoms with E-state index in [1.165, 1.54) is 54.6 Å². The number of fused-ring (bicyclic) bond motifs is 5. The molecule has 51 heavy (non-hydrogen) atoms. The van der Waals surface area contributed by atoms with Crippen molar-refractivity contribution < 1.29 is 4.42 Å². The van der Waals surface area contributed by atoms with Crippen LogP contribution in [0.3, 0.4) is 0 Å². The smallest absolute Gasteiger partial charge is 0.135 e. The summed E-state index contributed by atoms with van der Waals surface area (Å²) in [7, 11) is 0. The fraction of sp³-hybridized carbons (Fsp3) is 0.0417. The molecule has 9 aromatic rings. The number of para-hydroxylation sites is 1. The van der Waals surface area contributed by atoms with Gasteiger partial charge >= 0.3 is 0 Å². The average Bonchev–Trinajstić information content (AvgIpc) is 3.65. The highest BCUT2D eigenvalue weighted by molar-refractivity contribution is 6.15. The van der Waals surface area contributed by atoms with Crippen molar-refractivity contribution in [3.8, 4) is 22.5 Å². The van der Waals surface area contributed by atoms with Gasteiger partial charge in [-0.3, -0.25) is 5.32 Å².